The van der Waals surface area contributed by atoms with Gasteiger partial charge in [0.25, 0.3) is 0 Å². The van der Waals surface area contributed by atoms with Crippen molar-refractivity contribution in [1.82, 2.24) is 0 Å². The van der Waals surface area contributed by atoms with Crippen LogP contribution in [-0.4, -0.2) is 19.8 Å². The first-order chi connectivity index (χ1) is 6.24. The van der Waals surface area contributed by atoms with E-state index in [0.717, 1.165) is 11.5 Å². The zero-order valence-corrected chi connectivity index (χ0v) is 7.99. The van der Waals surface area contributed by atoms with Gasteiger partial charge in [-0.2, -0.15) is 0 Å². The molecule has 3 heteroatoms. The monoisotopic (exact) mass is 181 g/mol. The van der Waals surface area contributed by atoms with Crippen molar-refractivity contribution in [2.45, 2.75) is 13.0 Å². The summed E-state index contributed by atoms with van der Waals surface area (Å²) in [7, 11) is 1.62. The Balaban J connectivity index is 2.64. The van der Waals surface area contributed by atoms with Crippen molar-refractivity contribution in [2.75, 3.05) is 13.7 Å². The van der Waals surface area contributed by atoms with E-state index in [-0.39, 0.29) is 6.04 Å². The summed E-state index contributed by atoms with van der Waals surface area (Å²) in [5, 5.41) is 0. The van der Waals surface area contributed by atoms with Gasteiger partial charge in [-0.1, -0.05) is 12.1 Å². The highest BCUT2D eigenvalue weighted by Gasteiger charge is 2.02. The zero-order valence-electron chi connectivity index (χ0n) is 7.99. The predicted octanol–water partition coefficient (Wildman–Crippen LogP) is 1.42. The molecule has 3 nitrogen and oxygen atoms in total. The lowest BCUT2D eigenvalue weighted by Crippen LogP contribution is -2.23. The van der Waals surface area contributed by atoms with E-state index in [2.05, 4.69) is 0 Å². The summed E-state index contributed by atoms with van der Waals surface area (Å²) in [6, 6.07) is 7.55. The fourth-order valence-corrected chi connectivity index (χ4v) is 0.959. The van der Waals surface area contributed by atoms with E-state index < -0.39 is 0 Å². The first kappa shape index (κ1) is 9.86. The maximum Gasteiger partial charge on any atom is 0.161 e. The summed E-state index contributed by atoms with van der Waals surface area (Å²) in [6.45, 7) is 2.40. The average Bonchev–Trinajstić information content (AvgIpc) is 2.15. The maximum absolute atomic E-state index is 5.57. The number of benzene rings is 1. The van der Waals surface area contributed by atoms with Gasteiger partial charge < -0.3 is 15.2 Å². The van der Waals surface area contributed by atoms with Crippen LogP contribution in [0.15, 0.2) is 24.3 Å². The molecular formula is C10H15NO2. The highest BCUT2D eigenvalue weighted by Crippen LogP contribution is 2.25. The van der Waals surface area contributed by atoms with Crippen molar-refractivity contribution in [1.29, 1.82) is 0 Å². The number of rotatable bonds is 4. The Hall–Kier alpha value is -1.22. The van der Waals surface area contributed by atoms with Gasteiger partial charge in [0.05, 0.1) is 7.11 Å². The molecule has 0 aliphatic rings. The predicted molar refractivity (Wildman–Crippen MR) is 52.1 cm³/mol. The molecule has 13 heavy (non-hydrogen) atoms. The smallest absolute Gasteiger partial charge is 0.161 e. The molecule has 0 saturated heterocycles. The molecular weight excluding hydrogens is 166 g/mol. The second kappa shape index (κ2) is 4.72. The molecule has 72 valence electrons. The van der Waals surface area contributed by atoms with Crippen LogP contribution >= 0.6 is 0 Å². The zero-order chi connectivity index (χ0) is 9.68. The van der Waals surface area contributed by atoms with Gasteiger partial charge in [0, 0.05) is 6.04 Å². The van der Waals surface area contributed by atoms with Gasteiger partial charge in [0.1, 0.15) is 6.61 Å². The first-order valence-corrected chi connectivity index (χ1v) is 4.25. The summed E-state index contributed by atoms with van der Waals surface area (Å²) in [4.78, 5) is 0. The molecule has 1 unspecified atom stereocenters. The van der Waals surface area contributed by atoms with Crippen LogP contribution in [-0.2, 0) is 0 Å². The van der Waals surface area contributed by atoms with Gasteiger partial charge in [-0.15, -0.1) is 0 Å². The van der Waals surface area contributed by atoms with Crippen LogP contribution in [0.3, 0.4) is 0 Å². The number of ether oxygens (including phenoxy) is 2. The van der Waals surface area contributed by atoms with Crippen LogP contribution in [0.25, 0.3) is 0 Å². The van der Waals surface area contributed by atoms with E-state index in [4.69, 9.17) is 15.2 Å². The second-order valence-electron chi connectivity index (χ2n) is 2.94. The van der Waals surface area contributed by atoms with Crippen molar-refractivity contribution in [3.8, 4) is 11.5 Å². The molecule has 0 spiro atoms. The third-order valence-corrected chi connectivity index (χ3v) is 1.57. The van der Waals surface area contributed by atoms with Gasteiger partial charge in [0.2, 0.25) is 0 Å². The van der Waals surface area contributed by atoms with Crippen LogP contribution in [0.1, 0.15) is 6.92 Å². The Kier molecular flexibility index (Phi) is 3.58. The molecule has 1 rings (SSSR count). The van der Waals surface area contributed by atoms with E-state index in [1.807, 2.05) is 31.2 Å². The largest absolute Gasteiger partial charge is 0.493 e. The van der Waals surface area contributed by atoms with Gasteiger partial charge >= 0.3 is 0 Å². The highest BCUT2D eigenvalue weighted by molar-refractivity contribution is 5.39. The van der Waals surface area contributed by atoms with Gasteiger partial charge in [-0.25, -0.2) is 0 Å². The maximum atomic E-state index is 5.57. The highest BCUT2D eigenvalue weighted by atomic mass is 16.5. The summed E-state index contributed by atoms with van der Waals surface area (Å²) >= 11 is 0. The number of nitrogens with two attached hydrogens (primary N) is 1. The van der Waals surface area contributed by atoms with E-state index >= 15 is 0 Å². The average molecular weight is 181 g/mol. The van der Waals surface area contributed by atoms with Gasteiger partial charge in [0.15, 0.2) is 11.5 Å². The third-order valence-electron chi connectivity index (χ3n) is 1.57. The molecule has 0 saturated carbocycles. The van der Waals surface area contributed by atoms with Crippen molar-refractivity contribution >= 4 is 0 Å². The molecule has 1 atom stereocenters. The fourth-order valence-electron chi connectivity index (χ4n) is 0.959. The molecule has 2 N–H and O–H groups in total. The lowest BCUT2D eigenvalue weighted by molar-refractivity contribution is 0.278. The van der Waals surface area contributed by atoms with Crippen molar-refractivity contribution in [3.63, 3.8) is 0 Å². The van der Waals surface area contributed by atoms with Crippen molar-refractivity contribution in [3.05, 3.63) is 24.3 Å². The molecule has 0 aliphatic heterocycles. The summed E-state index contributed by atoms with van der Waals surface area (Å²) < 4.78 is 10.6. The quantitative estimate of drug-likeness (QED) is 0.764. The summed E-state index contributed by atoms with van der Waals surface area (Å²) in [5.41, 5.74) is 5.57. The van der Waals surface area contributed by atoms with E-state index in [1.54, 1.807) is 7.11 Å². The number of hydrogen-bond donors (Lipinski definition) is 1. The molecule has 0 aliphatic carbocycles. The van der Waals surface area contributed by atoms with E-state index in [9.17, 15) is 0 Å². The Bertz CT molecular complexity index is 261. The van der Waals surface area contributed by atoms with Gasteiger partial charge in [-0.3, -0.25) is 0 Å². The molecule has 1 aromatic carbocycles. The van der Waals surface area contributed by atoms with Gasteiger partial charge in [-0.05, 0) is 19.1 Å². The minimum absolute atomic E-state index is 0.0323. The van der Waals surface area contributed by atoms with Crippen LogP contribution < -0.4 is 15.2 Å². The molecule has 0 aromatic heterocycles. The number of hydrogen-bond acceptors (Lipinski definition) is 3. The molecule has 0 fully saturated rings. The van der Waals surface area contributed by atoms with Crippen molar-refractivity contribution in [2.24, 2.45) is 5.73 Å². The lowest BCUT2D eigenvalue weighted by atomic mass is 10.3. The van der Waals surface area contributed by atoms with Crippen LogP contribution in [0.5, 0.6) is 11.5 Å². The van der Waals surface area contributed by atoms with E-state index in [1.165, 1.54) is 0 Å². The summed E-state index contributed by atoms with van der Waals surface area (Å²) in [6.07, 6.45) is 0. The SMILES string of the molecule is COc1ccccc1OCC(C)N. The Labute approximate surface area is 78.5 Å². The Morgan fingerprint density at radius 1 is 1.31 bits per heavy atom. The standard InChI is InChI=1S/C10H15NO2/c1-8(11)7-13-10-6-4-3-5-9(10)12-2/h3-6,8H,7,11H2,1-2H3. The van der Waals surface area contributed by atoms with Crippen LogP contribution in [0.2, 0.25) is 0 Å². The van der Waals surface area contributed by atoms with Crippen molar-refractivity contribution < 1.29 is 9.47 Å². The topological polar surface area (TPSA) is 44.5 Å². The minimum Gasteiger partial charge on any atom is -0.493 e. The molecule has 0 heterocycles. The fraction of sp³-hybridized carbons (Fsp3) is 0.400. The Morgan fingerprint density at radius 2 is 1.92 bits per heavy atom. The first-order valence-electron chi connectivity index (χ1n) is 4.25. The molecule has 0 bridgehead atoms. The summed E-state index contributed by atoms with van der Waals surface area (Å²) in [5.74, 6) is 1.48. The van der Waals surface area contributed by atoms with E-state index in [0.29, 0.717) is 6.61 Å². The number of para-hydroxylation sites is 2. The van der Waals surface area contributed by atoms with Crippen LogP contribution in [0, 0.1) is 0 Å². The normalized spacial score (nSPS) is 12.2. The molecule has 0 amide bonds. The third kappa shape index (κ3) is 2.95. The second-order valence-corrected chi connectivity index (χ2v) is 2.94. The lowest BCUT2D eigenvalue weighted by Gasteiger charge is -2.11. The molecule has 0 radical (unpaired) electrons. The molecule has 1 aromatic rings. The number of methoxy groups -OCH3 is 1. The minimum atomic E-state index is 0.0323. The van der Waals surface area contributed by atoms with Crippen LogP contribution in [0.4, 0.5) is 0 Å². The Morgan fingerprint density at radius 3 is 2.46 bits per heavy atom.